The second-order valence-electron chi connectivity index (χ2n) is 6.70. The van der Waals surface area contributed by atoms with Crippen LogP contribution in [0, 0.1) is 0 Å². The minimum Gasteiger partial charge on any atom is -0.457 e. The molecule has 0 heterocycles. The van der Waals surface area contributed by atoms with Gasteiger partial charge < -0.3 is 20.7 Å². The second-order valence-corrected chi connectivity index (χ2v) is 7.11. The number of benzene rings is 3. The lowest BCUT2D eigenvalue weighted by atomic mass is 10.2. The van der Waals surface area contributed by atoms with Crippen molar-refractivity contribution in [2.24, 2.45) is 5.73 Å². The van der Waals surface area contributed by atoms with Crippen molar-refractivity contribution in [2.75, 3.05) is 18.9 Å². The molecule has 0 atom stereocenters. The van der Waals surface area contributed by atoms with Crippen LogP contribution >= 0.6 is 11.6 Å². The number of carbonyl (C=O) groups excluding carboxylic acids is 3. The summed E-state index contributed by atoms with van der Waals surface area (Å²) >= 11 is 6.03. The van der Waals surface area contributed by atoms with Gasteiger partial charge in [-0.25, -0.2) is 0 Å². The highest BCUT2D eigenvalue weighted by molar-refractivity contribution is 6.33. The summed E-state index contributed by atoms with van der Waals surface area (Å²) in [6, 6.07) is 19.8. The van der Waals surface area contributed by atoms with Crippen molar-refractivity contribution < 1.29 is 19.1 Å². The molecule has 0 radical (unpaired) electrons. The zero-order chi connectivity index (χ0) is 22.4. The van der Waals surface area contributed by atoms with Crippen LogP contribution in [0.15, 0.2) is 72.8 Å². The van der Waals surface area contributed by atoms with Crippen LogP contribution in [0.5, 0.6) is 11.5 Å². The van der Waals surface area contributed by atoms with Gasteiger partial charge in [0.2, 0.25) is 11.8 Å². The Balaban J connectivity index is 1.58. The van der Waals surface area contributed by atoms with Gasteiger partial charge in [-0.05, 0) is 60.7 Å². The van der Waals surface area contributed by atoms with Gasteiger partial charge in [-0.3, -0.25) is 14.4 Å². The predicted molar refractivity (Wildman–Crippen MR) is 119 cm³/mol. The van der Waals surface area contributed by atoms with Crippen molar-refractivity contribution >= 4 is 35.0 Å². The number of para-hydroxylation sites is 1. The van der Waals surface area contributed by atoms with E-state index in [1.807, 2.05) is 0 Å². The van der Waals surface area contributed by atoms with Gasteiger partial charge in [-0.15, -0.1) is 0 Å². The summed E-state index contributed by atoms with van der Waals surface area (Å²) in [5, 5.41) is 3.10. The van der Waals surface area contributed by atoms with Crippen molar-refractivity contribution in [1.82, 2.24) is 4.90 Å². The summed E-state index contributed by atoms with van der Waals surface area (Å²) in [7, 11) is 1.54. The zero-order valence-corrected chi connectivity index (χ0v) is 17.4. The van der Waals surface area contributed by atoms with E-state index in [9.17, 15) is 14.4 Å². The van der Waals surface area contributed by atoms with E-state index in [0.717, 1.165) is 0 Å². The maximum absolute atomic E-state index is 12.6. The Hall–Kier alpha value is -3.84. The van der Waals surface area contributed by atoms with Gasteiger partial charge >= 0.3 is 0 Å². The number of ether oxygens (including phenoxy) is 1. The molecule has 0 fully saturated rings. The van der Waals surface area contributed by atoms with Crippen molar-refractivity contribution in [3.05, 3.63) is 88.9 Å². The molecule has 3 amide bonds. The monoisotopic (exact) mass is 437 g/mol. The molecule has 0 saturated heterocycles. The first-order chi connectivity index (χ1) is 14.8. The number of nitrogens with zero attached hydrogens (tertiary/aromatic N) is 1. The van der Waals surface area contributed by atoms with E-state index >= 15 is 0 Å². The third kappa shape index (κ3) is 5.83. The number of amides is 3. The first-order valence-electron chi connectivity index (χ1n) is 9.31. The van der Waals surface area contributed by atoms with E-state index in [1.165, 1.54) is 4.90 Å². The van der Waals surface area contributed by atoms with Gasteiger partial charge in [0, 0.05) is 18.2 Å². The molecular weight excluding hydrogens is 418 g/mol. The highest BCUT2D eigenvalue weighted by atomic mass is 35.5. The van der Waals surface area contributed by atoms with Gasteiger partial charge in [-0.1, -0.05) is 23.7 Å². The Morgan fingerprint density at radius 3 is 2.00 bits per heavy atom. The fraction of sp³-hybridized carbons (Fsp3) is 0.0870. The van der Waals surface area contributed by atoms with Gasteiger partial charge in [0.05, 0.1) is 17.3 Å². The van der Waals surface area contributed by atoms with Crippen molar-refractivity contribution in [3.63, 3.8) is 0 Å². The number of primary amides is 1. The van der Waals surface area contributed by atoms with E-state index in [4.69, 9.17) is 22.1 Å². The fourth-order valence-corrected chi connectivity index (χ4v) is 2.93. The van der Waals surface area contributed by atoms with Crippen LogP contribution < -0.4 is 15.8 Å². The molecular formula is C23H20ClN3O4. The molecule has 0 aliphatic heterocycles. The standard InChI is InChI=1S/C23H20ClN3O4/c1-27(14-21(28)26-20-5-3-2-4-19(20)24)23(30)16-8-12-18(13-9-16)31-17-10-6-15(7-11-17)22(25)29/h2-13H,14H2,1H3,(H2,25,29)(H,26,28). The Morgan fingerprint density at radius 2 is 1.45 bits per heavy atom. The fourth-order valence-electron chi connectivity index (χ4n) is 2.75. The van der Waals surface area contributed by atoms with Crippen molar-refractivity contribution in [2.45, 2.75) is 0 Å². The van der Waals surface area contributed by atoms with Crippen LogP contribution in [0.4, 0.5) is 5.69 Å². The molecule has 158 valence electrons. The number of likely N-dealkylation sites (N-methyl/N-ethyl adjacent to an activating group) is 1. The Morgan fingerprint density at radius 1 is 0.903 bits per heavy atom. The molecule has 3 N–H and O–H groups in total. The third-order valence-corrected chi connectivity index (χ3v) is 4.68. The number of halogens is 1. The van der Waals surface area contributed by atoms with Gasteiger partial charge in [-0.2, -0.15) is 0 Å². The third-order valence-electron chi connectivity index (χ3n) is 4.35. The van der Waals surface area contributed by atoms with Crippen LogP contribution in [0.1, 0.15) is 20.7 Å². The van der Waals surface area contributed by atoms with Gasteiger partial charge in [0.25, 0.3) is 5.91 Å². The molecule has 7 nitrogen and oxygen atoms in total. The number of rotatable bonds is 7. The molecule has 3 aromatic rings. The van der Waals surface area contributed by atoms with E-state index < -0.39 is 5.91 Å². The van der Waals surface area contributed by atoms with Crippen molar-refractivity contribution in [1.29, 1.82) is 0 Å². The number of nitrogens with two attached hydrogens (primary N) is 1. The summed E-state index contributed by atoms with van der Waals surface area (Å²) in [6.07, 6.45) is 0. The summed E-state index contributed by atoms with van der Waals surface area (Å²) in [6.45, 7) is -0.130. The Kier molecular flexibility index (Phi) is 6.89. The maximum atomic E-state index is 12.6. The van der Waals surface area contributed by atoms with Gasteiger partial charge in [0.1, 0.15) is 11.5 Å². The molecule has 0 saturated carbocycles. The largest absolute Gasteiger partial charge is 0.457 e. The van der Waals surface area contributed by atoms with E-state index in [0.29, 0.717) is 33.3 Å². The average molecular weight is 438 g/mol. The molecule has 0 spiro atoms. The normalized spacial score (nSPS) is 10.3. The first-order valence-corrected chi connectivity index (χ1v) is 9.69. The molecule has 8 heteroatoms. The van der Waals surface area contributed by atoms with Crippen LogP contribution in [0.25, 0.3) is 0 Å². The SMILES string of the molecule is CN(CC(=O)Nc1ccccc1Cl)C(=O)c1ccc(Oc2ccc(C(N)=O)cc2)cc1. The number of anilines is 1. The highest BCUT2D eigenvalue weighted by Crippen LogP contribution is 2.23. The molecule has 0 aliphatic rings. The summed E-state index contributed by atoms with van der Waals surface area (Å²) in [5.41, 5.74) is 6.49. The highest BCUT2D eigenvalue weighted by Gasteiger charge is 2.16. The molecule has 31 heavy (non-hydrogen) atoms. The van der Waals surface area contributed by atoms with Gasteiger partial charge in [0.15, 0.2) is 0 Å². The molecule has 0 bridgehead atoms. The smallest absolute Gasteiger partial charge is 0.254 e. The molecule has 0 aromatic heterocycles. The van der Waals surface area contributed by atoms with Crippen LogP contribution in [-0.4, -0.2) is 36.2 Å². The quantitative estimate of drug-likeness (QED) is 0.584. The lowest BCUT2D eigenvalue weighted by Crippen LogP contribution is -2.34. The number of hydrogen-bond donors (Lipinski definition) is 2. The van der Waals surface area contributed by atoms with E-state index in [2.05, 4.69) is 5.32 Å². The Bertz CT molecular complexity index is 1100. The average Bonchev–Trinajstić information content (AvgIpc) is 2.75. The lowest BCUT2D eigenvalue weighted by Gasteiger charge is -2.17. The van der Waals surface area contributed by atoms with E-state index in [-0.39, 0.29) is 18.4 Å². The van der Waals surface area contributed by atoms with E-state index in [1.54, 1.807) is 79.8 Å². The van der Waals surface area contributed by atoms with Crippen LogP contribution in [0.2, 0.25) is 5.02 Å². The van der Waals surface area contributed by atoms with Crippen LogP contribution in [-0.2, 0) is 4.79 Å². The zero-order valence-electron chi connectivity index (χ0n) is 16.7. The van der Waals surface area contributed by atoms with Crippen molar-refractivity contribution in [3.8, 4) is 11.5 Å². The molecule has 3 rings (SSSR count). The summed E-state index contributed by atoms with van der Waals surface area (Å²) < 4.78 is 5.70. The minimum atomic E-state index is -0.515. The Labute approximate surface area is 184 Å². The number of carbonyl (C=O) groups is 3. The lowest BCUT2D eigenvalue weighted by molar-refractivity contribution is -0.116. The first kappa shape index (κ1) is 21.9. The topological polar surface area (TPSA) is 102 Å². The molecule has 0 aliphatic carbocycles. The summed E-state index contributed by atoms with van der Waals surface area (Å²) in [5.74, 6) is -0.144. The number of nitrogens with one attached hydrogen (secondary N) is 1. The minimum absolute atomic E-state index is 0.130. The number of hydrogen-bond acceptors (Lipinski definition) is 4. The maximum Gasteiger partial charge on any atom is 0.254 e. The van der Waals surface area contributed by atoms with Crippen LogP contribution in [0.3, 0.4) is 0 Å². The second kappa shape index (κ2) is 9.77. The molecule has 3 aromatic carbocycles. The predicted octanol–water partition coefficient (Wildman–Crippen LogP) is 3.94. The molecule has 0 unspecified atom stereocenters. The summed E-state index contributed by atoms with van der Waals surface area (Å²) in [4.78, 5) is 37.3.